The van der Waals surface area contributed by atoms with E-state index in [1.54, 1.807) is 0 Å². The molecule has 0 aromatic heterocycles. The lowest BCUT2D eigenvalue weighted by atomic mass is 9.80. The van der Waals surface area contributed by atoms with E-state index in [2.05, 4.69) is 24.2 Å². The summed E-state index contributed by atoms with van der Waals surface area (Å²) in [5.74, 6) is 0.750. The van der Waals surface area contributed by atoms with Gasteiger partial charge in [-0.2, -0.15) is 0 Å². The molecule has 1 aromatic rings. The number of amides is 2. The van der Waals surface area contributed by atoms with E-state index in [0.717, 1.165) is 17.5 Å². The van der Waals surface area contributed by atoms with Crippen LogP contribution in [0.3, 0.4) is 0 Å². The molecule has 5 heteroatoms. The van der Waals surface area contributed by atoms with Gasteiger partial charge in [-0.1, -0.05) is 83.0 Å². The number of benzene rings is 1. The number of urea groups is 1. The van der Waals surface area contributed by atoms with Gasteiger partial charge in [-0.15, -0.1) is 0 Å². The van der Waals surface area contributed by atoms with Gasteiger partial charge in [0.15, 0.2) is 0 Å². The normalized spacial score (nSPS) is 23.1. The molecule has 2 atom stereocenters. The number of nitrogens with zero attached hydrogens (tertiary/aromatic N) is 1. The summed E-state index contributed by atoms with van der Waals surface area (Å²) in [6, 6.07) is 5.15. The molecular weight excluding hydrogens is 396 g/mol. The third-order valence-corrected chi connectivity index (χ3v) is 7.03. The second kappa shape index (κ2) is 10.6. The van der Waals surface area contributed by atoms with Gasteiger partial charge >= 0.3 is 6.03 Å². The molecule has 1 aliphatic carbocycles. The molecule has 0 spiro atoms. The number of hydrogen-bond acceptors (Lipinski definition) is 2. The second-order valence-corrected chi connectivity index (χ2v) is 9.57. The number of aliphatic imine (C=N–C) groups is 1. The van der Waals surface area contributed by atoms with Gasteiger partial charge in [0.05, 0.1) is 12.0 Å². The number of halogens is 1. The predicted molar refractivity (Wildman–Crippen MR) is 123 cm³/mol. The van der Waals surface area contributed by atoms with Crippen LogP contribution in [0, 0.1) is 11.8 Å². The highest BCUT2D eigenvalue weighted by Gasteiger charge is 2.37. The molecule has 0 bridgehead atoms. The Morgan fingerprint density at radius 2 is 1.90 bits per heavy atom. The molecule has 1 aliphatic heterocycles. The topological polar surface area (TPSA) is 58.5 Å². The molecule has 30 heavy (non-hydrogen) atoms. The molecule has 1 aromatic carbocycles. The van der Waals surface area contributed by atoms with Crippen molar-refractivity contribution in [2.24, 2.45) is 16.8 Å². The summed E-state index contributed by atoms with van der Waals surface area (Å²) in [6.45, 7) is 6.17. The third kappa shape index (κ3) is 5.51. The molecule has 2 unspecified atom stereocenters. The van der Waals surface area contributed by atoms with Crippen molar-refractivity contribution >= 4 is 29.1 Å². The van der Waals surface area contributed by atoms with Crippen LogP contribution in [0.2, 0.25) is 5.02 Å². The summed E-state index contributed by atoms with van der Waals surface area (Å²) in [7, 11) is 0. The van der Waals surface area contributed by atoms with Gasteiger partial charge in [0, 0.05) is 17.2 Å². The lowest BCUT2D eigenvalue weighted by molar-refractivity contribution is -0.122. The molecule has 1 saturated carbocycles. The van der Waals surface area contributed by atoms with Crippen molar-refractivity contribution in [3.8, 4) is 0 Å². The van der Waals surface area contributed by atoms with E-state index in [0.29, 0.717) is 35.4 Å². The van der Waals surface area contributed by atoms with E-state index in [1.165, 1.54) is 38.5 Å². The van der Waals surface area contributed by atoms with Gasteiger partial charge in [0.25, 0.3) is 0 Å². The van der Waals surface area contributed by atoms with E-state index >= 15 is 0 Å². The van der Waals surface area contributed by atoms with Gasteiger partial charge in [-0.3, -0.25) is 4.79 Å². The van der Waals surface area contributed by atoms with E-state index in [-0.39, 0.29) is 11.8 Å². The van der Waals surface area contributed by atoms with Crippen LogP contribution in [0.25, 0.3) is 0 Å². The Bertz CT molecular complexity index is 794. The van der Waals surface area contributed by atoms with Gasteiger partial charge in [0.1, 0.15) is 5.78 Å². The maximum Gasteiger partial charge on any atom is 0.341 e. The number of hydrogen-bond donors (Lipinski definition) is 1. The van der Waals surface area contributed by atoms with Gasteiger partial charge in [-0.05, 0) is 41.9 Å². The number of nitrogens with one attached hydrogen (secondary N) is 1. The predicted octanol–water partition coefficient (Wildman–Crippen LogP) is 7.01. The first kappa shape index (κ1) is 23.0. The Balaban J connectivity index is 1.82. The van der Waals surface area contributed by atoms with E-state index in [4.69, 9.17) is 11.6 Å². The molecule has 2 aliphatic rings. The van der Waals surface area contributed by atoms with Gasteiger partial charge in [-0.25, -0.2) is 9.79 Å². The minimum Gasteiger partial charge on any atom is -0.328 e. The fourth-order valence-electron chi connectivity index (χ4n) is 4.95. The zero-order chi connectivity index (χ0) is 21.7. The fourth-order valence-corrected chi connectivity index (χ4v) is 5.35. The number of Topliss-reactive ketones (excluding diaryl/α,β-unsaturated/α-hetero) is 1. The van der Waals surface area contributed by atoms with Crippen LogP contribution in [0.15, 0.2) is 23.2 Å². The van der Waals surface area contributed by atoms with Crippen molar-refractivity contribution in [3.05, 3.63) is 34.3 Å². The molecule has 164 valence electrons. The van der Waals surface area contributed by atoms with Crippen molar-refractivity contribution in [2.75, 3.05) is 0 Å². The summed E-state index contributed by atoms with van der Waals surface area (Å²) in [6.07, 6.45) is 9.77. The van der Waals surface area contributed by atoms with Crippen molar-refractivity contribution in [1.82, 2.24) is 5.32 Å². The van der Waals surface area contributed by atoms with Crippen molar-refractivity contribution in [3.63, 3.8) is 0 Å². The lowest BCUT2D eigenvalue weighted by Gasteiger charge is -2.32. The fraction of sp³-hybridized carbons (Fsp3) is 0.640. The molecule has 1 fully saturated rings. The SMILES string of the molecule is CCC1=NC(=O)NC(c2ccc(C(C)C)c(Cl)c2)C1C(=O)CCC1CCCCCC1. The van der Waals surface area contributed by atoms with Crippen LogP contribution in [-0.2, 0) is 4.79 Å². The lowest BCUT2D eigenvalue weighted by Crippen LogP contribution is -2.44. The summed E-state index contributed by atoms with van der Waals surface area (Å²) in [4.78, 5) is 29.8. The average molecular weight is 431 g/mol. The Morgan fingerprint density at radius 3 is 2.50 bits per heavy atom. The molecule has 1 heterocycles. The van der Waals surface area contributed by atoms with Crippen LogP contribution in [0.5, 0.6) is 0 Å². The van der Waals surface area contributed by atoms with E-state index in [9.17, 15) is 9.59 Å². The highest BCUT2D eigenvalue weighted by molar-refractivity contribution is 6.31. The van der Waals surface area contributed by atoms with Crippen LogP contribution in [0.1, 0.15) is 102 Å². The zero-order valence-corrected chi connectivity index (χ0v) is 19.3. The van der Waals surface area contributed by atoms with E-state index < -0.39 is 12.0 Å². The van der Waals surface area contributed by atoms with E-state index in [1.807, 2.05) is 25.1 Å². The maximum atomic E-state index is 13.4. The number of rotatable bonds is 7. The average Bonchev–Trinajstić information content (AvgIpc) is 2.99. The molecule has 1 N–H and O–H groups in total. The van der Waals surface area contributed by atoms with Gasteiger partial charge in [0.2, 0.25) is 0 Å². The highest BCUT2D eigenvalue weighted by atomic mass is 35.5. The van der Waals surface area contributed by atoms with Crippen LogP contribution < -0.4 is 5.32 Å². The third-order valence-electron chi connectivity index (χ3n) is 6.70. The number of carbonyl (C=O) groups is 2. The summed E-state index contributed by atoms with van der Waals surface area (Å²) in [5, 5.41) is 3.63. The maximum absolute atomic E-state index is 13.4. The Labute approximate surface area is 185 Å². The molecular formula is C25H35ClN2O2. The minimum absolute atomic E-state index is 0.189. The molecule has 0 radical (unpaired) electrons. The Morgan fingerprint density at radius 1 is 1.20 bits per heavy atom. The van der Waals surface area contributed by atoms with Crippen molar-refractivity contribution in [1.29, 1.82) is 0 Å². The first-order valence-corrected chi connectivity index (χ1v) is 12.0. The number of ketones is 1. The Hall–Kier alpha value is -1.68. The van der Waals surface area contributed by atoms with Gasteiger partial charge < -0.3 is 5.32 Å². The summed E-state index contributed by atoms with van der Waals surface area (Å²) >= 11 is 6.53. The molecule has 4 nitrogen and oxygen atoms in total. The highest BCUT2D eigenvalue weighted by Crippen LogP contribution is 2.35. The molecule has 0 saturated heterocycles. The summed E-state index contributed by atoms with van der Waals surface area (Å²) in [5.41, 5.74) is 2.65. The smallest absolute Gasteiger partial charge is 0.328 e. The Kier molecular flexibility index (Phi) is 8.10. The van der Waals surface area contributed by atoms with Crippen molar-refractivity contribution < 1.29 is 9.59 Å². The molecule has 3 rings (SSSR count). The van der Waals surface area contributed by atoms with Crippen LogP contribution in [-0.4, -0.2) is 17.5 Å². The first-order valence-electron chi connectivity index (χ1n) is 11.6. The summed E-state index contributed by atoms with van der Waals surface area (Å²) < 4.78 is 0. The number of carbonyl (C=O) groups excluding carboxylic acids is 2. The second-order valence-electron chi connectivity index (χ2n) is 9.16. The van der Waals surface area contributed by atoms with Crippen LogP contribution in [0.4, 0.5) is 4.79 Å². The standard InChI is InChI=1S/C25H35ClN2O2/c1-4-21-23(22(29)14-11-17-9-7-5-6-8-10-17)24(28-25(30)27-21)18-12-13-19(16(2)3)20(26)15-18/h12-13,15-17,23-24H,4-11,14H2,1-3H3,(H,28,30). The largest absolute Gasteiger partial charge is 0.341 e. The molecule has 2 amide bonds. The van der Waals surface area contributed by atoms with Crippen LogP contribution >= 0.6 is 11.6 Å². The first-order chi connectivity index (χ1) is 14.4. The van der Waals surface area contributed by atoms with Crippen molar-refractivity contribution in [2.45, 2.75) is 90.5 Å². The minimum atomic E-state index is -0.403. The zero-order valence-electron chi connectivity index (χ0n) is 18.5. The quantitative estimate of drug-likeness (QED) is 0.472. The monoisotopic (exact) mass is 430 g/mol.